The van der Waals surface area contributed by atoms with Crippen LogP contribution in [0.1, 0.15) is 64.4 Å². The number of aromatic amines is 1. The smallest absolute Gasteiger partial charge is 0.265 e. The van der Waals surface area contributed by atoms with Gasteiger partial charge in [-0.2, -0.15) is 0 Å². The maximum Gasteiger partial charge on any atom is 0.265 e. The van der Waals surface area contributed by atoms with Gasteiger partial charge in [0.2, 0.25) is 0 Å². The Labute approximate surface area is 117 Å². The fraction of sp³-hybridized carbons (Fsp3) is 0.714. The second-order valence-corrected chi connectivity index (χ2v) is 7.27. The summed E-state index contributed by atoms with van der Waals surface area (Å²) in [7, 11) is 0. The molecule has 0 saturated heterocycles. The minimum Gasteiger partial charge on any atom is -0.309 e. The minimum absolute atomic E-state index is 0.0514. The number of halogens is 1. The summed E-state index contributed by atoms with van der Waals surface area (Å²) < 4.78 is 0.574. The summed E-state index contributed by atoms with van der Waals surface area (Å²) >= 11 is 3.36. The lowest BCUT2D eigenvalue weighted by Crippen LogP contribution is -2.24. The highest BCUT2D eigenvalue weighted by Gasteiger charge is 2.28. The quantitative estimate of drug-likeness (QED) is 0.858. The Morgan fingerprint density at radius 3 is 2.50 bits per heavy atom. The van der Waals surface area contributed by atoms with Gasteiger partial charge in [-0.3, -0.25) is 4.79 Å². The molecule has 0 spiro atoms. The maximum atomic E-state index is 12.0. The highest BCUT2D eigenvalue weighted by Crippen LogP contribution is 2.37. The number of rotatable bonds is 1. The van der Waals surface area contributed by atoms with Gasteiger partial charge in [-0.05, 0) is 41.1 Å². The molecule has 1 heterocycles. The Morgan fingerprint density at radius 2 is 2.00 bits per heavy atom. The van der Waals surface area contributed by atoms with E-state index in [9.17, 15) is 4.79 Å². The van der Waals surface area contributed by atoms with Gasteiger partial charge in [-0.15, -0.1) is 0 Å². The van der Waals surface area contributed by atoms with E-state index in [0.717, 1.165) is 30.3 Å². The second-order valence-electron chi connectivity index (χ2n) is 6.48. The fourth-order valence-electron chi connectivity index (χ4n) is 2.62. The molecule has 1 aliphatic rings. The first-order valence-electron chi connectivity index (χ1n) is 6.59. The zero-order valence-corrected chi connectivity index (χ0v) is 13.1. The van der Waals surface area contributed by atoms with Crippen molar-refractivity contribution in [3.63, 3.8) is 0 Å². The van der Waals surface area contributed by atoms with Crippen molar-refractivity contribution in [1.82, 2.24) is 9.97 Å². The monoisotopic (exact) mass is 312 g/mol. The molecule has 2 rings (SSSR count). The summed E-state index contributed by atoms with van der Waals surface area (Å²) in [6.07, 6.45) is 3.50. The number of aromatic nitrogens is 2. The number of hydrogen-bond donors (Lipinski definition) is 1. The van der Waals surface area contributed by atoms with Crippen molar-refractivity contribution in [3.8, 4) is 0 Å². The van der Waals surface area contributed by atoms with Crippen LogP contribution < -0.4 is 5.56 Å². The molecule has 1 N–H and O–H groups in total. The zero-order valence-electron chi connectivity index (χ0n) is 11.5. The number of nitrogens with one attached hydrogen (secondary N) is 1. The first-order valence-corrected chi connectivity index (χ1v) is 7.38. The summed E-state index contributed by atoms with van der Waals surface area (Å²) in [4.78, 5) is 19.7. The van der Waals surface area contributed by atoms with Crippen LogP contribution in [-0.2, 0) is 5.41 Å². The van der Waals surface area contributed by atoms with Gasteiger partial charge in [0.05, 0.1) is 5.69 Å². The summed E-state index contributed by atoms with van der Waals surface area (Å²) in [5.74, 6) is 2.03. The van der Waals surface area contributed by atoms with Crippen LogP contribution >= 0.6 is 15.9 Å². The zero-order chi connectivity index (χ0) is 13.5. The van der Waals surface area contributed by atoms with Gasteiger partial charge in [-0.25, -0.2) is 4.98 Å². The van der Waals surface area contributed by atoms with E-state index in [-0.39, 0.29) is 11.0 Å². The van der Waals surface area contributed by atoms with Gasteiger partial charge in [0.25, 0.3) is 5.56 Å². The average molecular weight is 313 g/mol. The lowest BCUT2D eigenvalue weighted by atomic mass is 9.91. The molecule has 0 amide bonds. The van der Waals surface area contributed by atoms with Crippen LogP contribution in [-0.4, -0.2) is 9.97 Å². The predicted molar refractivity (Wildman–Crippen MR) is 77.0 cm³/mol. The number of nitrogens with zero attached hydrogens (tertiary/aromatic N) is 1. The standard InChI is InChI=1S/C14H21BrN2O/c1-8-5-6-9(7-8)12-16-11(14(2,3)4)10(15)13(18)17-12/h8-9H,5-7H2,1-4H3,(H,16,17,18). The van der Waals surface area contributed by atoms with Crippen molar-refractivity contribution < 1.29 is 0 Å². The average Bonchev–Trinajstić information content (AvgIpc) is 2.67. The number of H-pyrrole nitrogens is 1. The molecule has 0 aliphatic heterocycles. The molecule has 1 saturated carbocycles. The summed E-state index contributed by atoms with van der Waals surface area (Å²) in [6.45, 7) is 8.52. The first kappa shape index (κ1) is 13.8. The predicted octanol–water partition coefficient (Wildman–Crippen LogP) is 3.73. The van der Waals surface area contributed by atoms with Crippen molar-refractivity contribution in [3.05, 3.63) is 26.3 Å². The minimum atomic E-state index is -0.119. The van der Waals surface area contributed by atoms with E-state index >= 15 is 0 Å². The molecule has 2 atom stereocenters. The van der Waals surface area contributed by atoms with E-state index in [0.29, 0.717) is 10.4 Å². The molecule has 3 nitrogen and oxygen atoms in total. The molecular formula is C14H21BrN2O. The van der Waals surface area contributed by atoms with E-state index in [1.54, 1.807) is 0 Å². The SMILES string of the molecule is CC1CCC(c2nc(C(C)(C)C)c(Br)c(=O)[nH]2)C1. The third kappa shape index (κ3) is 2.68. The van der Waals surface area contributed by atoms with Crippen LogP contribution in [0, 0.1) is 5.92 Å². The molecule has 1 aromatic rings. The normalized spacial score (nSPS) is 24.5. The van der Waals surface area contributed by atoms with Crippen LogP contribution in [0.4, 0.5) is 0 Å². The molecule has 1 aliphatic carbocycles. The summed E-state index contributed by atoms with van der Waals surface area (Å²) in [5, 5.41) is 0. The van der Waals surface area contributed by atoms with Crippen molar-refractivity contribution in [1.29, 1.82) is 0 Å². The molecule has 0 bridgehead atoms. The Balaban J connectivity index is 2.45. The molecule has 100 valence electrons. The van der Waals surface area contributed by atoms with Crippen LogP contribution in [0.3, 0.4) is 0 Å². The van der Waals surface area contributed by atoms with Crippen LogP contribution in [0.2, 0.25) is 0 Å². The van der Waals surface area contributed by atoms with Crippen molar-refractivity contribution in [2.45, 2.75) is 58.3 Å². The molecule has 4 heteroatoms. The third-order valence-corrected chi connectivity index (χ3v) is 4.41. The van der Waals surface area contributed by atoms with Gasteiger partial charge in [0.1, 0.15) is 10.3 Å². The summed E-state index contributed by atoms with van der Waals surface area (Å²) in [5.41, 5.74) is 0.691. The molecular weight excluding hydrogens is 292 g/mol. The molecule has 0 radical (unpaired) electrons. The molecule has 1 fully saturated rings. The Morgan fingerprint density at radius 1 is 1.33 bits per heavy atom. The summed E-state index contributed by atoms with van der Waals surface area (Å²) in [6, 6.07) is 0. The molecule has 1 aromatic heterocycles. The lowest BCUT2D eigenvalue weighted by molar-refractivity contribution is 0.539. The van der Waals surface area contributed by atoms with Crippen LogP contribution in [0.25, 0.3) is 0 Å². The highest BCUT2D eigenvalue weighted by atomic mass is 79.9. The van der Waals surface area contributed by atoms with Crippen molar-refractivity contribution in [2.75, 3.05) is 0 Å². The Bertz CT molecular complexity index is 501. The topological polar surface area (TPSA) is 45.8 Å². The van der Waals surface area contributed by atoms with Crippen LogP contribution in [0.5, 0.6) is 0 Å². The van der Waals surface area contributed by atoms with Crippen molar-refractivity contribution in [2.24, 2.45) is 5.92 Å². The van der Waals surface area contributed by atoms with Gasteiger partial charge < -0.3 is 4.98 Å². The maximum absolute atomic E-state index is 12.0. The molecule has 0 aromatic carbocycles. The van der Waals surface area contributed by atoms with Gasteiger partial charge >= 0.3 is 0 Å². The Hall–Kier alpha value is -0.640. The van der Waals surface area contributed by atoms with E-state index in [1.165, 1.54) is 6.42 Å². The first-order chi connectivity index (χ1) is 8.29. The van der Waals surface area contributed by atoms with E-state index in [2.05, 4.69) is 48.6 Å². The number of hydrogen-bond acceptors (Lipinski definition) is 2. The van der Waals surface area contributed by atoms with E-state index < -0.39 is 0 Å². The highest BCUT2D eigenvalue weighted by molar-refractivity contribution is 9.10. The molecule has 18 heavy (non-hydrogen) atoms. The van der Waals surface area contributed by atoms with E-state index in [4.69, 9.17) is 4.98 Å². The van der Waals surface area contributed by atoms with Gasteiger partial charge in [0, 0.05) is 11.3 Å². The van der Waals surface area contributed by atoms with Crippen LogP contribution in [0.15, 0.2) is 9.27 Å². The van der Waals surface area contributed by atoms with Crippen molar-refractivity contribution >= 4 is 15.9 Å². The van der Waals surface area contributed by atoms with Gasteiger partial charge in [0.15, 0.2) is 0 Å². The lowest BCUT2D eigenvalue weighted by Gasteiger charge is -2.21. The molecule has 2 unspecified atom stereocenters. The van der Waals surface area contributed by atoms with E-state index in [1.807, 2.05) is 0 Å². The third-order valence-electron chi connectivity index (χ3n) is 3.67. The Kier molecular flexibility index (Phi) is 3.67. The fourth-order valence-corrected chi connectivity index (χ4v) is 3.40. The second kappa shape index (κ2) is 4.80. The van der Waals surface area contributed by atoms with Gasteiger partial charge in [-0.1, -0.05) is 27.7 Å². The largest absolute Gasteiger partial charge is 0.309 e.